The van der Waals surface area contributed by atoms with Crippen LogP contribution in [0.2, 0.25) is 0 Å². The van der Waals surface area contributed by atoms with Crippen molar-refractivity contribution in [2.75, 3.05) is 0 Å². The molecular formula is C96H51N24O9RuS3. The van der Waals surface area contributed by atoms with Crippen LogP contribution in [-0.4, -0.2) is 159 Å². The van der Waals surface area contributed by atoms with Gasteiger partial charge < -0.3 is 43.6 Å². The van der Waals surface area contributed by atoms with Gasteiger partial charge in [0, 0.05) is 131 Å². The van der Waals surface area contributed by atoms with Crippen LogP contribution in [0.4, 0.5) is 0 Å². The molecule has 6 aliphatic rings. The molecule has 6 aliphatic heterocycles. The summed E-state index contributed by atoms with van der Waals surface area (Å²) in [4.78, 5) is 106. The number of H-pyrrole nitrogens is 6. The molecule has 6 N–H and O–H groups in total. The SMILES string of the molecule is O=S(=O)([O-])c1cccc2c3nc4nc(nc5[nH]c(nc6nc(nc([nH]3)c12)-c1ccccc1-6)c1ccccc51)-c1ccccc1-4.O=S(=O)([O-])c1cccc2c3nc4nc(nc5[nH]c(nc6nc(nc([nH]3)c12)-c1ccccc1-6)c1ccccc51)-c1ccccc1-4.O=S(=O)([O-])c1cccc2c3nc4nc(nc5[nH]c(nc6nc(nc([nH]3)c12)-c1ccccc1-6)c1ccccc51)-c1ccccc1-4.[Ru+3]. The van der Waals surface area contributed by atoms with Crippen molar-refractivity contribution in [2.45, 2.75) is 14.7 Å². The molecule has 15 heterocycles. The van der Waals surface area contributed by atoms with E-state index in [1.54, 1.807) is 18.2 Å². The molecule has 33 nitrogen and oxygen atoms in total. The van der Waals surface area contributed by atoms with Gasteiger partial charge in [-0.25, -0.2) is 115 Å². The number of aromatic amines is 6. The van der Waals surface area contributed by atoms with Crippen molar-refractivity contribution in [3.8, 4) is 137 Å². The van der Waals surface area contributed by atoms with Crippen molar-refractivity contribution >= 4 is 163 Å². The number of benzene rings is 12. The van der Waals surface area contributed by atoms with Crippen LogP contribution in [-0.2, 0) is 49.8 Å². The average Bonchev–Trinajstić information content (AvgIpc) is 1.60. The maximum absolute atomic E-state index is 12.4. The second-order valence-electron chi connectivity index (χ2n) is 31.1. The maximum atomic E-state index is 12.4. The van der Waals surface area contributed by atoms with Gasteiger partial charge in [0.1, 0.15) is 98.1 Å². The molecule has 133 heavy (non-hydrogen) atoms. The molecular weight excluding hydrogens is 1830 g/mol. The molecule has 0 atom stereocenters. The third-order valence-electron chi connectivity index (χ3n) is 23.4. The van der Waals surface area contributed by atoms with Crippen molar-refractivity contribution in [1.82, 2.24) is 120 Å². The minimum absolute atomic E-state index is 0. The monoisotopic (exact) mass is 1880 g/mol. The predicted octanol–water partition coefficient (Wildman–Crippen LogP) is 17.3. The van der Waals surface area contributed by atoms with E-state index in [1.165, 1.54) is 36.4 Å². The normalized spacial score (nSPS) is 12.3. The van der Waals surface area contributed by atoms with Gasteiger partial charge in [-0.15, -0.1) is 0 Å². The zero-order valence-corrected chi connectivity index (χ0v) is 72.0. The van der Waals surface area contributed by atoms with E-state index in [2.05, 4.69) is 29.9 Å². The fraction of sp³-hybridized carbons (Fsp3) is 0. The van der Waals surface area contributed by atoms with Crippen molar-refractivity contribution in [1.29, 1.82) is 0 Å². The summed E-state index contributed by atoms with van der Waals surface area (Å²) in [6.45, 7) is 0. The summed E-state index contributed by atoms with van der Waals surface area (Å²) < 4.78 is 112. The van der Waals surface area contributed by atoms with E-state index in [0.717, 1.165) is 82.4 Å². The molecule has 24 bridgehead atoms. The van der Waals surface area contributed by atoms with Crippen molar-refractivity contribution in [3.05, 3.63) is 273 Å². The summed E-state index contributed by atoms with van der Waals surface area (Å²) in [5.74, 6) is 4.64. The molecule has 27 rings (SSSR count). The van der Waals surface area contributed by atoms with Gasteiger partial charge in [-0.3, -0.25) is 0 Å². The molecule has 12 aromatic carbocycles. The molecule has 37 heteroatoms. The molecule has 0 saturated carbocycles. The molecule has 635 valence electrons. The summed E-state index contributed by atoms with van der Waals surface area (Å²) in [6, 6.07) is 82.1. The van der Waals surface area contributed by atoms with E-state index in [1.807, 2.05) is 218 Å². The van der Waals surface area contributed by atoms with Crippen LogP contribution in [0.15, 0.2) is 288 Å². The molecule has 1 radical (unpaired) electrons. The Kier molecular flexibility index (Phi) is 18.0. The van der Waals surface area contributed by atoms with Gasteiger partial charge in [-0.1, -0.05) is 255 Å². The van der Waals surface area contributed by atoms with Gasteiger partial charge in [0.05, 0.1) is 14.7 Å². The van der Waals surface area contributed by atoms with Gasteiger partial charge in [-0.2, -0.15) is 0 Å². The summed E-state index contributed by atoms with van der Waals surface area (Å²) in [5.41, 5.74) is 13.6. The molecule has 0 spiro atoms. The Hall–Kier alpha value is -16.9. The van der Waals surface area contributed by atoms with E-state index in [9.17, 15) is 38.9 Å². The Morgan fingerprint density at radius 2 is 0.286 bits per heavy atom. The van der Waals surface area contributed by atoms with Crippen LogP contribution in [0.1, 0.15) is 0 Å². The van der Waals surface area contributed by atoms with Crippen LogP contribution >= 0.6 is 0 Å². The molecule has 0 unspecified atom stereocenters. The first-order chi connectivity index (χ1) is 64.3. The smallest absolute Gasteiger partial charge is 0.744 e. The second-order valence-corrected chi connectivity index (χ2v) is 35.2. The Bertz CT molecular complexity index is 8860. The molecule has 0 fully saturated rings. The zero-order valence-electron chi connectivity index (χ0n) is 67.8. The van der Waals surface area contributed by atoms with Crippen molar-refractivity contribution in [2.24, 2.45) is 0 Å². The Balaban J connectivity index is 0.000000109. The number of nitrogens with one attached hydrogen (secondary N) is 6. The third-order valence-corrected chi connectivity index (χ3v) is 26.1. The van der Waals surface area contributed by atoms with Crippen LogP contribution in [0.3, 0.4) is 0 Å². The quantitative estimate of drug-likeness (QED) is 0.0706. The van der Waals surface area contributed by atoms with E-state index in [0.29, 0.717) is 154 Å². The number of rotatable bonds is 3. The van der Waals surface area contributed by atoms with E-state index in [-0.39, 0.29) is 52.6 Å². The molecule has 21 aromatic rings. The van der Waals surface area contributed by atoms with E-state index >= 15 is 0 Å². The van der Waals surface area contributed by atoms with E-state index in [4.69, 9.17) is 89.7 Å². The van der Waals surface area contributed by atoms with Crippen molar-refractivity contribution in [3.63, 3.8) is 0 Å². The Morgan fingerprint density at radius 3 is 0.444 bits per heavy atom. The first-order valence-electron chi connectivity index (χ1n) is 40.8. The number of hydrogen-bond acceptors (Lipinski definition) is 27. The number of fused-ring (bicyclic) bond motifs is 60. The largest absolute Gasteiger partial charge is 3.00 e. The van der Waals surface area contributed by atoms with Crippen LogP contribution in [0.5, 0.6) is 0 Å². The summed E-state index contributed by atoms with van der Waals surface area (Å²) in [5, 5.41) is 6.73. The Labute approximate surface area is 759 Å². The van der Waals surface area contributed by atoms with E-state index < -0.39 is 45.0 Å². The molecule has 0 aliphatic carbocycles. The fourth-order valence-electron chi connectivity index (χ4n) is 17.6. The number of hydrogen-bond donors (Lipinski definition) is 6. The predicted molar refractivity (Wildman–Crippen MR) is 492 cm³/mol. The minimum Gasteiger partial charge on any atom is -0.744 e. The molecule has 0 saturated heterocycles. The first-order valence-corrected chi connectivity index (χ1v) is 45.1. The second kappa shape index (κ2) is 30.1. The van der Waals surface area contributed by atoms with Crippen LogP contribution < -0.4 is 0 Å². The van der Waals surface area contributed by atoms with Gasteiger partial charge in [0.2, 0.25) is 0 Å². The fourth-order valence-corrected chi connectivity index (χ4v) is 19.7. The minimum atomic E-state index is -4.87. The standard InChI is InChI=1S/3C32H18N8O3S.Ru/c3*41-44(42,43)23-15-7-14-22-24(23)32-39-30-21-13-6-5-12-20(21)28(37-30)35-26-17-9-2-1-8-16(17)25(33-26)34-27-18-10-3-4-11-19(18)29(36-27)38-31(22)40-32;/h3*1-15H,(H,41,42,43)(H2,33,34,35,36,37,38,39,40);/q;;;+3/p-3. The average molecular weight is 1880 g/mol. The first kappa shape index (κ1) is 79.5. The Morgan fingerprint density at radius 1 is 0.158 bits per heavy atom. The van der Waals surface area contributed by atoms with Crippen LogP contribution in [0, 0.1) is 0 Å². The van der Waals surface area contributed by atoms with Gasteiger partial charge in [0.25, 0.3) is 0 Å². The van der Waals surface area contributed by atoms with Gasteiger partial charge >= 0.3 is 19.5 Å². The number of aromatic nitrogens is 24. The summed E-state index contributed by atoms with van der Waals surface area (Å²) in [6.07, 6.45) is 0. The summed E-state index contributed by atoms with van der Waals surface area (Å²) in [7, 11) is -14.6. The van der Waals surface area contributed by atoms with Crippen molar-refractivity contribution < 1.29 is 58.4 Å². The third kappa shape index (κ3) is 13.2. The molecule has 9 aromatic heterocycles. The maximum Gasteiger partial charge on any atom is 3.00 e. The van der Waals surface area contributed by atoms with Gasteiger partial charge in [-0.05, 0) is 18.2 Å². The van der Waals surface area contributed by atoms with Gasteiger partial charge in [0.15, 0.2) is 69.9 Å². The molecule has 0 amide bonds. The number of nitrogens with zero attached hydrogens (tertiary/aromatic N) is 18. The zero-order chi connectivity index (χ0) is 88.7. The summed E-state index contributed by atoms with van der Waals surface area (Å²) >= 11 is 0. The van der Waals surface area contributed by atoms with Crippen LogP contribution in [0.25, 0.3) is 269 Å². The topological polar surface area (TPSA) is 498 Å².